The first-order chi connectivity index (χ1) is 18.8. The number of carbonyl (C=O) groups is 2. The van der Waals surface area contributed by atoms with E-state index in [0.717, 1.165) is 28.2 Å². The molecule has 1 aromatic heterocycles. The van der Waals surface area contributed by atoms with Gasteiger partial charge in [-0.1, -0.05) is 17.7 Å². The van der Waals surface area contributed by atoms with Crippen LogP contribution in [0.15, 0.2) is 78.9 Å². The number of hydrogen-bond donors (Lipinski definition) is 1. The van der Waals surface area contributed by atoms with Gasteiger partial charge < -0.3 is 24.4 Å². The molecule has 200 valence electrons. The van der Waals surface area contributed by atoms with Crippen LogP contribution < -0.4 is 10.1 Å². The third-order valence-corrected chi connectivity index (χ3v) is 7.11. The first-order valence-electron chi connectivity index (χ1n) is 12.9. The molecule has 0 aliphatic carbocycles. The van der Waals surface area contributed by atoms with Gasteiger partial charge in [0.15, 0.2) is 0 Å². The van der Waals surface area contributed by atoms with E-state index >= 15 is 0 Å². The summed E-state index contributed by atoms with van der Waals surface area (Å²) < 4.78 is 20.9. The summed E-state index contributed by atoms with van der Waals surface area (Å²) in [4.78, 5) is 30.0. The van der Waals surface area contributed by atoms with E-state index in [1.54, 1.807) is 53.3 Å². The number of urea groups is 1. The van der Waals surface area contributed by atoms with Crippen molar-refractivity contribution in [3.05, 3.63) is 102 Å². The van der Waals surface area contributed by atoms with E-state index in [-0.39, 0.29) is 17.8 Å². The zero-order chi connectivity index (χ0) is 27.5. The standard InChI is InChI=1S/C31H31FN4O3/c1-21-4-12-26(13-5-21)36-22(2)28(20-29(36)23-6-8-24(32)9-7-23)30(37)34-16-18-35(19-17-34)31(38)33-25-10-14-27(39-3)15-11-25/h4-15,20H,16-19H2,1-3H3,(H,33,38). The molecule has 1 saturated heterocycles. The van der Waals surface area contributed by atoms with Gasteiger partial charge in [-0.05, 0) is 86.1 Å². The van der Waals surface area contributed by atoms with Crippen molar-refractivity contribution in [1.82, 2.24) is 14.4 Å². The quantitative estimate of drug-likeness (QED) is 0.352. The summed E-state index contributed by atoms with van der Waals surface area (Å²) in [6.07, 6.45) is 0. The lowest BCUT2D eigenvalue weighted by atomic mass is 10.1. The Labute approximate surface area is 227 Å². The Morgan fingerprint density at radius 2 is 1.44 bits per heavy atom. The number of benzene rings is 3. The van der Waals surface area contributed by atoms with E-state index in [0.29, 0.717) is 43.2 Å². The number of aromatic nitrogens is 1. The minimum absolute atomic E-state index is 0.0862. The predicted molar refractivity (Wildman–Crippen MR) is 150 cm³/mol. The molecule has 3 amide bonds. The largest absolute Gasteiger partial charge is 0.497 e. The first kappa shape index (κ1) is 26.0. The van der Waals surface area contributed by atoms with Crippen molar-refractivity contribution in [2.45, 2.75) is 13.8 Å². The molecular weight excluding hydrogens is 495 g/mol. The van der Waals surface area contributed by atoms with Crippen LogP contribution >= 0.6 is 0 Å². The van der Waals surface area contributed by atoms with Crippen LogP contribution in [0.3, 0.4) is 0 Å². The van der Waals surface area contributed by atoms with Gasteiger partial charge in [0.05, 0.1) is 18.4 Å². The minimum Gasteiger partial charge on any atom is -0.497 e. The molecule has 0 saturated carbocycles. The molecule has 1 fully saturated rings. The van der Waals surface area contributed by atoms with Crippen molar-refractivity contribution in [3.8, 4) is 22.7 Å². The van der Waals surface area contributed by atoms with E-state index < -0.39 is 0 Å². The summed E-state index contributed by atoms with van der Waals surface area (Å²) in [6.45, 7) is 5.66. The highest BCUT2D eigenvalue weighted by molar-refractivity contribution is 5.97. The summed E-state index contributed by atoms with van der Waals surface area (Å²) in [5, 5.41) is 2.90. The highest BCUT2D eigenvalue weighted by Crippen LogP contribution is 2.31. The summed E-state index contributed by atoms with van der Waals surface area (Å²) in [6, 6.07) is 23.2. The van der Waals surface area contributed by atoms with Crippen molar-refractivity contribution in [3.63, 3.8) is 0 Å². The van der Waals surface area contributed by atoms with Gasteiger partial charge in [0, 0.05) is 43.2 Å². The average Bonchev–Trinajstić information content (AvgIpc) is 3.30. The van der Waals surface area contributed by atoms with E-state index in [2.05, 4.69) is 5.32 Å². The zero-order valence-corrected chi connectivity index (χ0v) is 22.3. The molecule has 0 spiro atoms. The Bertz CT molecular complexity index is 1470. The topological polar surface area (TPSA) is 66.8 Å². The summed E-state index contributed by atoms with van der Waals surface area (Å²) in [7, 11) is 1.59. The molecule has 39 heavy (non-hydrogen) atoms. The number of piperazine rings is 1. The van der Waals surface area contributed by atoms with Crippen molar-refractivity contribution in [1.29, 1.82) is 0 Å². The number of aryl methyl sites for hydroxylation is 1. The Balaban J connectivity index is 1.34. The molecule has 1 N–H and O–H groups in total. The fourth-order valence-electron chi connectivity index (χ4n) is 4.84. The van der Waals surface area contributed by atoms with Crippen molar-refractivity contribution in [2.24, 2.45) is 0 Å². The molecule has 0 atom stereocenters. The van der Waals surface area contributed by atoms with Crippen LogP contribution in [0.2, 0.25) is 0 Å². The van der Waals surface area contributed by atoms with E-state index in [1.807, 2.05) is 48.7 Å². The molecule has 4 aromatic rings. The van der Waals surface area contributed by atoms with Crippen LogP contribution in [-0.2, 0) is 0 Å². The molecule has 0 unspecified atom stereocenters. The third-order valence-electron chi connectivity index (χ3n) is 7.11. The first-order valence-corrected chi connectivity index (χ1v) is 12.9. The lowest BCUT2D eigenvalue weighted by Gasteiger charge is -2.34. The Kier molecular flexibility index (Phi) is 7.36. The normalized spacial score (nSPS) is 13.3. The lowest BCUT2D eigenvalue weighted by Crippen LogP contribution is -2.51. The van der Waals surface area contributed by atoms with Crippen LogP contribution in [0.4, 0.5) is 14.9 Å². The van der Waals surface area contributed by atoms with Gasteiger partial charge in [-0.3, -0.25) is 4.79 Å². The van der Waals surface area contributed by atoms with Crippen LogP contribution in [0.5, 0.6) is 5.75 Å². The number of hydrogen-bond acceptors (Lipinski definition) is 3. The average molecular weight is 527 g/mol. The maximum absolute atomic E-state index is 13.7. The second kappa shape index (κ2) is 11.0. The van der Waals surface area contributed by atoms with Crippen LogP contribution in [0.25, 0.3) is 16.9 Å². The number of amides is 3. The Morgan fingerprint density at radius 3 is 2.05 bits per heavy atom. The maximum Gasteiger partial charge on any atom is 0.321 e. The second-order valence-electron chi connectivity index (χ2n) is 9.64. The highest BCUT2D eigenvalue weighted by Gasteiger charge is 2.28. The number of nitrogens with one attached hydrogen (secondary N) is 1. The van der Waals surface area contributed by atoms with Gasteiger partial charge in [0.25, 0.3) is 5.91 Å². The number of anilines is 1. The van der Waals surface area contributed by atoms with Gasteiger partial charge in [0.1, 0.15) is 11.6 Å². The van der Waals surface area contributed by atoms with Crippen LogP contribution in [0.1, 0.15) is 21.6 Å². The SMILES string of the molecule is COc1ccc(NC(=O)N2CCN(C(=O)c3cc(-c4ccc(F)cc4)n(-c4ccc(C)cc4)c3C)CC2)cc1. The number of carbonyl (C=O) groups excluding carboxylic acids is 2. The second-order valence-corrected chi connectivity index (χ2v) is 9.64. The molecule has 1 aliphatic heterocycles. The number of halogens is 1. The van der Waals surface area contributed by atoms with Crippen LogP contribution in [0, 0.1) is 19.7 Å². The molecular formula is C31H31FN4O3. The highest BCUT2D eigenvalue weighted by atomic mass is 19.1. The summed E-state index contributed by atoms with van der Waals surface area (Å²) >= 11 is 0. The number of methoxy groups -OCH3 is 1. The van der Waals surface area contributed by atoms with Gasteiger partial charge in [-0.15, -0.1) is 0 Å². The molecule has 0 radical (unpaired) electrons. The Morgan fingerprint density at radius 1 is 0.821 bits per heavy atom. The number of ether oxygens (including phenoxy) is 1. The van der Waals surface area contributed by atoms with Crippen LogP contribution in [-0.4, -0.2) is 59.6 Å². The van der Waals surface area contributed by atoms with Gasteiger partial charge in [-0.2, -0.15) is 0 Å². The van der Waals surface area contributed by atoms with E-state index in [1.165, 1.54) is 12.1 Å². The van der Waals surface area contributed by atoms with Gasteiger partial charge in [0.2, 0.25) is 0 Å². The summed E-state index contributed by atoms with van der Waals surface area (Å²) in [5.74, 6) is 0.320. The zero-order valence-electron chi connectivity index (χ0n) is 22.3. The molecule has 2 heterocycles. The smallest absolute Gasteiger partial charge is 0.321 e. The molecule has 0 bridgehead atoms. The van der Waals surface area contributed by atoms with E-state index in [9.17, 15) is 14.0 Å². The minimum atomic E-state index is -0.311. The summed E-state index contributed by atoms with van der Waals surface area (Å²) in [5.41, 5.74) is 5.78. The molecule has 3 aromatic carbocycles. The molecule has 1 aliphatic rings. The van der Waals surface area contributed by atoms with Crippen molar-refractivity contribution >= 4 is 17.6 Å². The predicted octanol–water partition coefficient (Wildman–Crippen LogP) is 5.90. The molecule has 5 rings (SSSR count). The fraction of sp³-hybridized carbons (Fsp3) is 0.226. The molecule has 8 heteroatoms. The van der Waals surface area contributed by atoms with Gasteiger partial charge >= 0.3 is 6.03 Å². The third kappa shape index (κ3) is 5.50. The van der Waals surface area contributed by atoms with Crippen molar-refractivity contribution in [2.75, 3.05) is 38.6 Å². The van der Waals surface area contributed by atoms with Crippen molar-refractivity contribution < 1.29 is 18.7 Å². The fourth-order valence-corrected chi connectivity index (χ4v) is 4.84. The number of rotatable bonds is 5. The van der Waals surface area contributed by atoms with E-state index in [4.69, 9.17) is 4.74 Å². The Hall–Kier alpha value is -4.59. The lowest BCUT2D eigenvalue weighted by molar-refractivity contribution is 0.0671. The van der Waals surface area contributed by atoms with Gasteiger partial charge in [-0.25, -0.2) is 9.18 Å². The maximum atomic E-state index is 13.7. The molecule has 7 nitrogen and oxygen atoms in total. The monoisotopic (exact) mass is 526 g/mol. The number of nitrogens with zero attached hydrogens (tertiary/aromatic N) is 3.